The van der Waals surface area contributed by atoms with Crippen LogP contribution in [0.25, 0.3) is 0 Å². The van der Waals surface area contributed by atoms with Crippen LogP contribution in [-0.2, 0) is 13.5 Å². The van der Waals surface area contributed by atoms with Crippen molar-refractivity contribution < 1.29 is 8.78 Å². The summed E-state index contributed by atoms with van der Waals surface area (Å²) in [5.41, 5.74) is 7.12. The number of aryl methyl sites for hydroxylation is 1. The zero-order chi connectivity index (χ0) is 12.4. The number of benzene rings is 1. The monoisotopic (exact) mass is 237 g/mol. The Hall–Kier alpha value is -1.75. The third-order valence-corrected chi connectivity index (χ3v) is 2.58. The Morgan fingerprint density at radius 2 is 2.18 bits per heavy atom. The van der Waals surface area contributed by atoms with Gasteiger partial charge in [0.2, 0.25) is 0 Å². The molecule has 0 spiro atoms. The molecule has 2 N–H and O–H groups in total. The number of rotatable bonds is 3. The lowest BCUT2D eigenvalue weighted by molar-refractivity contribution is 0.554. The number of halogens is 2. The summed E-state index contributed by atoms with van der Waals surface area (Å²) in [6.07, 6.45) is 3.97. The minimum atomic E-state index is -0.610. The van der Waals surface area contributed by atoms with Crippen LogP contribution < -0.4 is 5.73 Å². The fourth-order valence-electron chi connectivity index (χ4n) is 1.74. The Balaban J connectivity index is 2.17. The SMILES string of the molecule is Cn1cc(CC(N)c2ccc(F)cc2F)cn1. The molecule has 2 aromatic rings. The number of nitrogens with zero attached hydrogens (tertiary/aromatic N) is 2. The third-order valence-electron chi connectivity index (χ3n) is 2.58. The molecule has 0 aliphatic heterocycles. The van der Waals surface area contributed by atoms with Crippen molar-refractivity contribution in [1.29, 1.82) is 0 Å². The summed E-state index contributed by atoms with van der Waals surface area (Å²) in [6, 6.07) is 2.94. The maximum atomic E-state index is 13.5. The molecule has 1 heterocycles. The first kappa shape index (κ1) is 11.7. The Bertz CT molecular complexity index is 522. The van der Waals surface area contributed by atoms with E-state index in [1.807, 2.05) is 6.20 Å². The van der Waals surface area contributed by atoms with Crippen molar-refractivity contribution >= 4 is 0 Å². The van der Waals surface area contributed by atoms with E-state index in [4.69, 9.17) is 5.73 Å². The van der Waals surface area contributed by atoms with Crippen LogP contribution in [0.5, 0.6) is 0 Å². The highest BCUT2D eigenvalue weighted by Gasteiger charge is 2.13. The zero-order valence-corrected chi connectivity index (χ0v) is 9.40. The van der Waals surface area contributed by atoms with E-state index in [2.05, 4.69) is 5.10 Å². The molecule has 0 fully saturated rings. The van der Waals surface area contributed by atoms with Gasteiger partial charge >= 0.3 is 0 Å². The molecule has 0 aliphatic carbocycles. The number of nitrogens with two attached hydrogens (primary N) is 1. The first-order valence-corrected chi connectivity index (χ1v) is 5.24. The predicted octanol–water partition coefficient (Wildman–Crippen LogP) is 1.94. The highest BCUT2D eigenvalue weighted by atomic mass is 19.1. The molecule has 1 unspecified atom stereocenters. The van der Waals surface area contributed by atoms with Crippen molar-refractivity contribution in [3.63, 3.8) is 0 Å². The van der Waals surface area contributed by atoms with E-state index in [0.29, 0.717) is 12.0 Å². The van der Waals surface area contributed by atoms with Crippen molar-refractivity contribution in [3.8, 4) is 0 Å². The molecule has 1 aromatic heterocycles. The molecule has 17 heavy (non-hydrogen) atoms. The third kappa shape index (κ3) is 2.68. The molecule has 3 nitrogen and oxygen atoms in total. The lowest BCUT2D eigenvalue weighted by Crippen LogP contribution is -2.15. The maximum absolute atomic E-state index is 13.5. The fraction of sp³-hybridized carbons (Fsp3) is 0.250. The second-order valence-electron chi connectivity index (χ2n) is 4.00. The van der Waals surface area contributed by atoms with Gasteiger partial charge in [0.25, 0.3) is 0 Å². The molecule has 1 atom stereocenters. The van der Waals surface area contributed by atoms with Crippen LogP contribution in [0.4, 0.5) is 8.78 Å². The van der Waals surface area contributed by atoms with Gasteiger partial charge in [-0.2, -0.15) is 5.10 Å². The average Bonchev–Trinajstić information content (AvgIpc) is 2.63. The van der Waals surface area contributed by atoms with Crippen LogP contribution in [0.2, 0.25) is 0 Å². The number of hydrogen-bond acceptors (Lipinski definition) is 2. The second kappa shape index (κ2) is 4.63. The summed E-state index contributed by atoms with van der Waals surface area (Å²) in [4.78, 5) is 0. The molecule has 1 aromatic carbocycles. The molecule has 0 aliphatic rings. The summed E-state index contributed by atoms with van der Waals surface area (Å²) in [5, 5.41) is 4.01. The second-order valence-corrected chi connectivity index (χ2v) is 4.00. The lowest BCUT2D eigenvalue weighted by atomic mass is 10.0. The number of aromatic nitrogens is 2. The van der Waals surface area contributed by atoms with Gasteiger partial charge < -0.3 is 5.73 Å². The van der Waals surface area contributed by atoms with Gasteiger partial charge in [0.05, 0.1) is 6.20 Å². The Kier molecular flexibility index (Phi) is 3.19. The minimum absolute atomic E-state index is 0.315. The number of hydrogen-bond donors (Lipinski definition) is 1. The molecule has 5 heteroatoms. The molecule has 0 amide bonds. The summed E-state index contributed by atoms with van der Waals surface area (Å²) < 4.78 is 27.9. The van der Waals surface area contributed by atoms with Gasteiger partial charge in [-0.1, -0.05) is 6.07 Å². The molecule has 0 radical (unpaired) electrons. The Morgan fingerprint density at radius 1 is 1.41 bits per heavy atom. The van der Waals surface area contributed by atoms with Gasteiger partial charge in [-0.25, -0.2) is 8.78 Å². The molecule has 0 saturated heterocycles. The van der Waals surface area contributed by atoms with Gasteiger partial charge in [0, 0.05) is 30.9 Å². The van der Waals surface area contributed by atoms with E-state index in [-0.39, 0.29) is 0 Å². The average molecular weight is 237 g/mol. The molecular formula is C12H13F2N3. The van der Waals surface area contributed by atoms with Crippen molar-refractivity contribution in [2.45, 2.75) is 12.5 Å². The highest BCUT2D eigenvalue weighted by molar-refractivity contribution is 5.23. The van der Waals surface area contributed by atoms with E-state index in [0.717, 1.165) is 11.6 Å². The summed E-state index contributed by atoms with van der Waals surface area (Å²) in [7, 11) is 1.80. The first-order chi connectivity index (χ1) is 8.06. The van der Waals surface area contributed by atoms with Crippen molar-refractivity contribution in [3.05, 3.63) is 53.4 Å². The van der Waals surface area contributed by atoms with Gasteiger partial charge in [0.1, 0.15) is 11.6 Å². The van der Waals surface area contributed by atoms with Crippen LogP contribution >= 0.6 is 0 Å². The van der Waals surface area contributed by atoms with Gasteiger partial charge in [-0.3, -0.25) is 4.68 Å². The van der Waals surface area contributed by atoms with Crippen LogP contribution in [0.1, 0.15) is 17.2 Å². The summed E-state index contributed by atoms with van der Waals surface area (Å²) in [6.45, 7) is 0. The van der Waals surface area contributed by atoms with Crippen LogP contribution in [0.15, 0.2) is 30.6 Å². The van der Waals surface area contributed by atoms with Gasteiger partial charge in [-0.15, -0.1) is 0 Å². The highest BCUT2D eigenvalue weighted by Crippen LogP contribution is 2.19. The van der Waals surface area contributed by atoms with Crippen LogP contribution in [0.3, 0.4) is 0 Å². The molecule has 2 rings (SSSR count). The van der Waals surface area contributed by atoms with E-state index in [9.17, 15) is 8.78 Å². The minimum Gasteiger partial charge on any atom is -0.324 e. The Labute approximate surface area is 97.9 Å². The smallest absolute Gasteiger partial charge is 0.130 e. The maximum Gasteiger partial charge on any atom is 0.130 e. The first-order valence-electron chi connectivity index (χ1n) is 5.24. The zero-order valence-electron chi connectivity index (χ0n) is 9.40. The largest absolute Gasteiger partial charge is 0.324 e. The Morgan fingerprint density at radius 3 is 2.76 bits per heavy atom. The summed E-state index contributed by atoms with van der Waals surface area (Å²) >= 11 is 0. The van der Waals surface area contributed by atoms with Crippen LogP contribution in [0, 0.1) is 11.6 Å². The normalized spacial score (nSPS) is 12.7. The van der Waals surface area contributed by atoms with Gasteiger partial charge in [-0.05, 0) is 18.1 Å². The van der Waals surface area contributed by atoms with Crippen LogP contribution in [-0.4, -0.2) is 9.78 Å². The van der Waals surface area contributed by atoms with Crippen molar-refractivity contribution in [2.75, 3.05) is 0 Å². The predicted molar refractivity (Wildman–Crippen MR) is 60.2 cm³/mol. The van der Waals surface area contributed by atoms with E-state index < -0.39 is 17.7 Å². The van der Waals surface area contributed by atoms with Crippen molar-refractivity contribution in [1.82, 2.24) is 9.78 Å². The van der Waals surface area contributed by atoms with E-state index in [1.54, 1.807) is 17.9 Å². The fourth-order valence-corrected chi connectivity index (χ4v) is 1.74. The van der Waals surface area contributed by atoms with Crippen molar-refractivity contribution in [2.24, 2.45) is 12.8 Å². The summed E-state index contributed by atoms with van der Waals surface area (Å²) in [5.74, 6) is -1.21. The quantitative estimate of drug-likeness (QED) is 0.886. The molecule has 0 saturated carbocycles. The molecule has 90 valence electrons. The molecule has 0 bridgehead atoms. The topological polar surface area (TPSA) is 43.8 Å². The van der Waals surface area contributed by atoms with Gasteiger partial charge in [0.15, 0.2) is 0 Å². The van der Waals surface area contributed by atoms with E-state index >= 15 is 0 Å². The lowest BCUT2D eigenvalue weighted by Gasteiger charge is -2.11. The van der Waals surface area contributed by atoms with E-state index in [1.165, 1.54) is 12.1 Å². The molecular weight excluding hydrogens is 224 g/mol. The standard InChI is InChI=1S/C12H13F2N3/c1-17-7-8(6-16-17)4-12(15)10-3-2-9(13)5-11(10)14/h2-3,5-7,12H,4,15H2,1H3.